The van der Waals surface area contributed by atoms with Crippen LogP contribution in [0.2, 0.25) is 0 Å². The molecule has 0 fully saturated rings. The Bertz CT molecular complexity index is 1010. The van der Waals surface area contributed by atoms with Crippen molar-refractivity contribution in [3.05, 3.63) is 59.7 Å². The van der Waals surface area contributed by atoms with Gasteiger partial charge in [0.25, 0.3) is 0 Å². The molecule has 3 rings (SSSR count). The first-order chi connectivity index (χ1) is 15.4. The molecule has 33 heavy (non-hydrogen) atoms. The summed E-state index contributed by atoms with van der Waals surface area (Å²) >= 11 is 0. The molecule has 0 aliphatic heterocycles. The minimum absolute atomic E-state index is 0.0195. The molecule has 7 nitrogen and oxygen atoms in total. The Morgan fingerprint density at radius 1 is 0.909 bits per heavy atom. The van der Waals surface area contributed by atoms with Crippen LogP contribution in [0.1, 0.15) is 58.1 Å². The van der Waals surface area contributed by atoms with Gasteiger partial charge in [0.15, 0.2) is 0 Å². The van der Waals surface area contributed by atoms with E-state index < -0.39 is 29.2 Å². The lowest BCUT2D eigenvalue weighted by atomic mass is 9.89. The van der Waals surface area contributed by atoms with E-state index in [4.69, 9.17) is 19.9 Å². The molecular formula is C26H31NO6. The number of rotatable bonds is 6. The highest BCUT2D eigenvalue weighted by Crippen LogP contribution is 2.44. The lowest BCUT2D eigenvalue weighted by molar-refractivity contribution is -0.170. The third-order valence-corrected chi connectivity index (χ3v) is 5.36. The summed E-state index contributed by atoms with van der Waals surface area (Å²) in [4.78, 5) is 37.9. The molecule has 0 aromatic heterocycles. The monoisotopic (exact) mass is 453 g/mol. The maximum atomic E-state index is 12.8. The molecule has 0 amide bonds. The lowest BCUT2D eigenvalue weighted by Gasteiger charge is -2.30. The van der Waals surface area contributed by atoms with Crippen molar-refractivity contribution < 1.29 is 28.6 Å². The van der Waals surface area contributed by atoms with E-state index in [1.165, 1.54) is 0 Å². The molecule has 0 heterocycles. The van der Waals surface area contributed by atoms with Crippen LogP contribution in [0.3, 0.4) is 0 Å². The minimum Gasteiger partial charge on any atom is -0.458 e. The number of esters is 2. The molecule has 2 aromatic rings. The number of hydrogen-bond acceptors (Lipinski definition) is 7. The highest BCUT2D eigenvalue weighted by atomic mass is 16.7. The first-order valence-electron chi connectivity index (χ1n) is 11.0. The second kappa shape index (κ2) is 9.35. The van der Waals surface area contributed by atoms with Crippen molar-refractivity contribution in [1.82, 2.24) is 0 Å². The molecule has 0 bridgehead atoms. The number of hydrogen-bond donors (Lipinski definition) is 1. The maximum absolute atomic E-state index is 12.8. The Morgan fingerprint density at radius 3 is 1.91 bits per heavy atom. The summed E-state index contributed by atoms with van der Waals surface area (Å²) in [5, 5.41) is 0. The van der Waals surface area contributed by atoms with Gasteiger partial charge in [-0.05, 0) is 55.4 Å². The van der Waals surface area contributed by atoms with Crippen LogP contribution in [0, 0.1) is 5.92 Å². The molecule has 0 saturated heterocycles. The highest BCUT2D eigenvalue weighted by molar-refractivity contribution is 6.07. The van der Waals surface area contributed by atoms with Gasteiger partial charge in [-0.2, -0.15) is 0 Å². The van der Waals surface area contributed by atoms with Gasteiger partial charge in [0.2, 0.25) is 5.54 Å². The molecule has 2 N–H and O–H groups in total. The Balaban J connectivity index is 1.71. The van der Waals surface area contributed by atoms with Crippen LogP contribution >= 0.6 is 0 Å². The van der Waals surface area contributed by atoms with Gasteiger partial charge in [0.05, 0.1) is 0 Å². The van der Waals surface area contributed by atoms with Crippen molar-refractivity contribution in [3.8, 4) is 11.1 Å². The van der Waals surface area contributed by atoms with Crippen LogP contribution in [-0.2, 0) is 23.8 Å². The zero-order chi connectivity index (χ0) is 24.4. The van der Waals surface area contributed by atoms with Gasteiger partial charge in [0.1, 0.15) is 12.2 Å². The molecule has 1 atom stereocenters. The number of ether oxygens (including phenoxy) is 3. The maximum Gasteiger partial charge on any atom is 0.516 e. The Hall–Kier alpha value is -3.19. The van der Waals surface area contributed by atoms with Gasteiger partial charge in [-0.1, -0.05) is 62.4 Å². The molecule has 0 unspecified atom stereocenters. The standard InChI is InChI=1S/C26H31NO6/c1-16(2)14-26(27,23(29)33-25(3,4)5)22(28)32-24(30)31-15-21-19-12-8-6-10-17(19)18-11-7-9-13-20(18)21/h6-13,16,21H,14-15,27H2,1-5H3/t26-/m0/s1. The summed E-state index contributed by atoms with van der Waals surface area (Å²) < 4.78 is 15.5. The Labute approximate surface area is 194 Å². The number of fused-ring (bicyclic) bond motifs is 3. The van der Waals surface area contributed by atoms with E-state index in [1.54, 1.807) is 34.6 Å². The summed E-state index contributed by atoms with van der Waals surface area (Å²) in [5.41, 5.74) is 7.36. The van der Waals surface area contributed by atoms with E-state index in [9.17, 15) is 14.4 Å². The van der Waals surface area contributed by atoms with E-state index in [0.717, 1.165) is 22.3 Å². The summed E-state index contributed by atoms with van der Waals surface area (Å²) in [6, 6.07) is 15.8. The van der Waals surface area contributed by atoms with Crippen LogP contribution in [0.25, 0.3) is 11.1 Å². The van der Waals surface area contributed by atoms with E-state index in [-0.39, 0.29) is 24.9 Å². The van der Waals surface area contributed by atoms with Crippen molar-refractivity contribution in [2.24, 2.45) is 11.7 Å². The number of carbonyl (C=O) groups excluding carboxylic acids is 3. The predicted octanol–water partition coefficient (Wildman–Crippen LogP) is 4.56. The van der Waals surface area contributed by atoms with Crippen molar-refractivity contribution in [3.63, 3.8) is 0 Å². The molecule has 1 aliphatic rings. The SMILES string of the molecule is CC(C)C[C@](N)(C(=O)OC(=O)OCC1c2ccccc2-c2ccccc21)C(=O)OC(C)(C)C. The summed E-state index contributed by atoms with van der Waals surface area (Å²) in [5.74, 6) is -2.45. The molecule has 1 aliphatic carbocycles. The van der Waals surface area contributed by atoms with E-state index in [1.807, 2.05) is 48.5 Å². The zero-order valence-corrected chi connectivity index (χ0v) is 19.7. The summed E-state index contributed by atoms with van der Waals surface area (Å²) in [6.45, 7) is 8.57. The number of nitrogens with two attached hydrogens (primary N) is 1. The fourth-order valence-corrected chi connectivity index (χ4v) is 4.05. The predicted molar refractivity (Wildman–Crippen MR) is 123 cm³/mol. The fourth-order valence-electron chi connectivity index (χ4n) is 4.05. The van der Waals surface area contributed by atoms with Crippen LogP contribution in [0.5, 0.6) is 0 Å². The van der Waals surface area contributed by atoms with Crippen molar-refractivity contribution in [1.29, 1.82) is 0 Å². The first-order valence-corrected chi connectivity index (χ1v) is 11.0. The first kappa shape index (κ1) is 24.5. The molecule has 176 valence electrons. The molecule has 0 saturated carbocycles. The second-order valence-corrected chi connectivity index (χ2v) is 9.75. The quantitative estimate of drug-likeness (QED) is 0.505. The van der Waals surface area contributed by atoms with Crippen LogP contribution in [-0.4, -0.2) is 35.8 Å². The summed E-state index contributed by atoms with van der Waals surface area (Å²) in [6.07, 6.45) is -1.25. The zero-order valence-electron chi connectivity index (χ0n) is 19.7. The molecular weight excluding hydrogens is 422 g/mol. The highest BCUT2D eigenvalue weighted by Gasteiger charge is 2.48. The van der Waals surface area contributed by atoms with Crippen molar-refractivity contribution in [2.45, 2.75) is 58.1 Å². The van der Waals surface area contributed by atoms with Gasteiger partial charge in [-0.25, -0.2) is 14.4 Å². The topological polar surface area (TPSA) is 105 Å². The van der Waals surface area contributed by atoms with Gasteiger partial charge in [0, 0.05) is 5.92 Å². The average Bonchev–Trinajstić information content (AvgIpc) is 3.04. The van der Waals surface area contributed by atoms with E-state index in [0.29, 0.717) is 0 Å². The van der Waals surface area contributed by atoms with E-state index in [2.05, 4.69) is 0 Å². The minimum atomic E-state index is -2.12. The van der Waals surface area contributed by atoms with Gasteiger partial charge in [-0.3, -0.25) is 0 Å². The largest absolute Gasteiger partial charge is 0.516 e. The van der Waals surface area contributed by atoms with Gasteiger partial charge < -0.3 is 19.9 Å². The van der Waals surface area contributed by atoms with Gasteiger partial charge >= 0.3 is 18.1 Å². The fraction of sp³-hybridized carbons (Fsp3) is 0.423. The van der Waals surface area contributed by atoms with Crippen LogP contribution < -0.4 is 5.73 Å². The summed E-state index contributed by atoms with van der Waals surface area (Å²) in [7, 11) is 0. The van der Waals surface area contributed by atoms with Crippen molar-refractivity contribution >= 4 is 18.1 Å². The molecule has 7 heteroatoms. The Kier molecular flexibility index (Phi) is 6.93. The normalized spacial score (nSPS) is 14.8. The number of carbonyl (C=O) groups is 3. The lowest BCUT2D eigenvalue weighted by Crippen LogP contribution is -2.59. The molecule has 0 radical (unpaired) electrons. The van der Waals surface area contributed by atoms with Crippen molar-refractivity contribution in [2.75, 3.05) is 6.61 Å². The molecule has 2 aromatic carbocycles. The average molecular weight is 454 g/mol. The second-order valence-electron chi connectivity index (χ2n) is 9.75. The van der Waals surface area contributed by atoms with Gasteiger partial charge in [-0.15, -0.1) is 0 Å². The Morgan fingerprint density at radius 2 is 1.42 bits per heavy atom. The van der Waals surface area contributed by atoms with Crippen LogP contribution in [0.15, 0.2) is 48.5 Å². The molecule has 0 spiro atoms. The third-order valence-electron chi connectivity index (χ3n) is 5.36. The third kappa shape index (κ3) is 5.42. The van der Waals surface area contributed by atoms with Crippen LogP contribution in [0.4, 0.5) is 4.79 Å². The number of benzene rings is 2. The smallest absolute Gasteiger partial charge is 0.458 e. The van der Waals surface area contributed by atoms with E-state index >= 15 is 0 Å².